The Kier molecular flexibility index (Phi) is 3.44. The number of hydrogen-bond donors (Lipinski definition) is 1. The second-order valence-corrected chi connectivity index (χ2v) is 6.13. The summed E-state index contributed by atoms with van der Waals surface area (Å²) in [7, 11) is -3.57. The van der Waals surface area contributed by atoms with Gasteiger partial charge in [-0.3, -0.25) is 8.74 Å². The van der Waals surface area contributed by atoms with Crippen molar-refractivity contribution in [3.05, 3.63) is 47.5 Å². The minimum absolute atomic E-state index is 0.0413. The third-order valence-corrected chi connectivity index (χ3v) is 3.30. The van der Waals surface area contributed by atoms with E-state index in [0.717, 1.165) is 21.9 Å². The van der Waals surface area contributed by atoms with Crippen molar-refractivity contribution in [2.24, 2.45) is 0 Å². The summed E-state index contributed by atoms with van der Waals surface area (Å²) in [4.78, 5) is 0. The lowest BCUT2D eigenvalue weighted by atomic mass is 10.0. The Balaban J connectivity index is 2.45. The zero-order valence-electron chi connectivity index (χ0n) is 9.25. The standard InChI is InChI=1S/C12H12O3S2/c1-9-6-7-10(8-15-17(13,14)16)12-5-3-2-4-11(9)12/h2-7H,8H2,1H3,(H,13,14,16). The molecule has 0 amide bonds. The van der Waals surface area contributed by atoms with E-state index in [0.29, 0.717) is 0 Å². The van der Waals surface area contributed by atoms with E-state index in [1.807, 2.05) is 43.3 Å². The highest BCUT2D eigenvalue weighted by atomic mass is 32.9. The van der Waals surface area contributed by atoms with Crippen molar-refractivity contribution >= 4 is 31.0 Å². The summed E-state index contributed by atoms with van der Waals surface area (Å²) in [6, 6.07) is 11.7. The molecular formula is C12H12O3S2. The van der Waals surface area contributed by atoms with Gasteiger partial charge in [0, 0.05) is 11.2 Å². The molecule has 0 aliphatic heterocycles. The molecule has 0 saturated heterocycles. The SMILES string of the molecule is Cc1ccc(COS(=O)(O)=S)c2ccccc12. The fraction of sp³-hybridized carbons (Fsp3) is 0.167. The summed E-state index contributed by atoms with van der Waals surface area (Å²) in [5.74, 6) is 0. The molecule has 3 nitrogen and oxygen atoms in total. The van der Waals surface area contributed by atoms with Gasteiger partial charge in [0.15, 0.2) is 0 Å². The van der Waals surface area contributed by atoms with Gasteiger partial charge in [-0.05, 0) is 28.8 Å². The average molecular weight is 268 g/mol. The van der Waals surface area contributed by atoms with E-state index in [1.54, 1.807) is 0 Å². The van der Waals surface area contributed by atoms with E-state index in [-0.39, 0.29) is 6.61 Å². The number of benzene rings is 2. The zero-order chi connectivity index (χ0) is 12.5. The Morgan fingerprint density at radius 2 is 1.88 bits per heavy atom. The van der Waals surface area contributed by atoms with Gasteiger partial charge in [0.1, 0.15) is 0 Å². The first-order valence-corrected chi connectivity index (χ1v) is 7.43. The van der Waals surface area contributed by atoms with Crippen LogP contribution in [0.25, 0.3) is 10.8 Å². The van der Waals surface area contributed by atoms with Crippen LogP contribution in [0.1, 0.15) is 11.1 Å². The van der Waals surface area contributed by atoms with Gasteiger partial charge in [-0.15, -0.1) is 0 Å². The maximum atomic E-state index is 10.9. The minimum atomic E-state index is -3.57. The molecule has 0 radical (unpaired) electrons. The molecule has 0 aliphatic carbocycles. The molecule has 0 heterocycles. The normalized spacial score (nSPS) is 14.7. The van der Waals surface area contributed by atoms with Crippen LogP contribution in [0.5, 0.6) is 0 Å². The van der Waals surface area contributed by atoms with E-state index in [9.17, 15) is 4.21 Å². The van der Waals surface area contributed by atoms with Crippen molar-refractivity contribution in [3.63, 3.8) is 0 Å². The highest BCUT2D eigenvalue weighted by Gasteiger charge is 2.06. The quantitative estimate of drug-likeness (QED) is 0.930. The molecule has 1 unspecified atom stereocenters. The van der Waals surface area contributed by atoms with E-state index in [2.05, 4.69) is 11.2 Å². The first-order chi connectivity index (χ1) is 7.97. The maximum absolute atomic E-state index is 10.9. The van der Waals surface area contributed by atoms with Crippen molar-refractivity contribution < 1.29 is 12.9 Å². The van der Waals surface area contributed by atoms with Crippen molar-refractivity contribution in [1.82, 2.24) is 0 Å². The van der Waals surface area contributed by atoms with Crippen LogP contribution in [0, 0.1) is 6.92 Å². The van der Waals surface area contributed by atoms with Gasteiger partial charge < -0.3 is 0 Å². The van der Waals surface area contributed by atoms with Crippen LogP contribution in [-0.4, -0.2) is 8.76 Å². The predicted octanol–water partition coefficient (Wildman–Crippen LogP) is 2.80. The van der Waals surface area contributed by atoms with Gasteiger partial charge in [-0.2, -0.15) is 4.21 Å². The Hall–Kier alpha value is -1.01. The molecule has 2 rings (SSSR count). The topological polar surface area (TPSA) is 46.5 Å². The molecule has 5 heteroatoms. The monoisotopic (exact) mass is 268 g/mol. The number of fused-ring (bicyclic) bond motifs is 1. The second kappa shape index (κ2) is 4.70. The van der Waals surface area contributed by atoms with Gasteiger partial charge in [0.05, 0.1) is 6.61 Å². The molecule has 0 aromatic heterocycles. The van der Waals surface area contributed by atoms with E-state index < -0.39 is 9.05 Å². The first-order valence-electron chi connectivity index (χ1n) is 5.06. The van der Waals surface area contributed by atoms with Crippen molar-refractivity contribution in [3.8, 4) is 0 Å². The molecule has 0 saturated carbocycles. The minimum Gasteiger partial charge on any atom is -0.285 e. The summed E-state index contributed by atoms with van der Waals surface area (Å²) in [5.41, 5.74) is 2.02. The number of aryl methyl sites for hydroxylation is 1. The van der Waals surface area contributed by atoms with Crippen LogP contribution in [-0.2, 0) is 31.0 Å². The Bertz CT molecular complexity index is 648. The lowest BCUT2D eigenvalue weighted by Crippen LogP contribution is -2.02. The molecule has 0 fully saturated rings. The van der Waals surface area contributed by atoms with Crippen LogP contribution in [0.4, 0.5) is 0 Å². The first kappa shape index (κ1) is 12.4. The van der Waals surface area contributed by atoms with Crippen LogP contribution >= 0.6 is 0 Å². The van der Waals surface area contributed by atoms with Crippen LogP contribution in [0.15, 0.2) is 36.4 Å². The van der Waals surface area contributed by atoms with Gasteiger partial charge in [0.2, 0.25) is 0 Å². The fourth-order valence-corrected chi connectivity index (χ4v) is 2.20. The van der Waals surface area contributed by atoms with Crippen molar-refractivity contribution in [1.29, 1.82) is 0 Å². The fourth-order valence-electron chi connectivity index (χ4n) is 1.78. The summed E-state index contributed by atoms with van der Waals surface area (Å²) < 4.78 is 24.6. The Labute approximate surface area is 105 Å². The van der Waals surface area contributed by atoms with Crippen LogP contribution in [0.2, 0.25) is 0 Å². The second-order valence-electron chi connectivity index (χ2n) is 3.78. The van der Waals surface area contributed by atoms with Crippen molar-refractivity contribution in [2.75, 3.05) is 0 Å². The van der Waals surface area contributed by atoms with Crippen LogP contribution < -0.4 is 0 Å². The summed E-state index contributed by atoms with van der Waals surface area (Å²) in [6.07, 6.45) is 0. The molecule has 0 bridgehead atoms. The molecule has 17 heavy (non-hydrogen) atoms. The summed E-state index contributed by atoms with van der Waals surface area (Å²) in [6.45, 7) is 2.06. The average Bonchev–Trinajstić information content (AvgIpc) is 2.27. The van der Waals surface area contributed by atoms with Gasteiger partial charge in [-0.1, -0.05) is 36.4 Å². The highest BCUT2D eigenvalue weighted by Crippen LogP contribution is 2.23. The molecule has 0 spiro atoms. The molecule has 2 aromatic carbocycles. The summed E-state index contributed by atoms with van der Waals surface area (Å²) >= 11 is 4.29. The lowest BCUT2D eigenvalue weighted by Gasteiger charge is -2.08. The zero-order valence-corrected chi connectivity index (χ0v) is 10.9. The molecule has 0 aliphatic rings. The van der Waals surface area contributed by atoms with Crippen LogP contribution in [0.3, 0.4) is 0 Å². The molecule has 90 valence electrons. The summed E-state index contributed by atoms with van der Waals surface area (Å²) in [5, 5.41) is 2.13. The number of hydrogen-bond acceptors (Lipinski definition) is 3. The maximum Gasteiger partial charge on any atom is 0.266 e. The van der Waals surface area contributed by atoms with Gasteiger partial charge in [-0.25, -0.2) is 0 Å². The van der Waals surface area contributed by atoms with E-state index in [1.165, 1.54) is 0 Å². The highest BCUT2D eigenvalue weighted by molar-refractivity contribution is 8.27. The van der Waals surface area contributed by atoms with Gasteiger partial charge in [0.25, 0.3) is 9.05 Å². The third-order valence-electron chi connectivity index (χ3n) is 2.60. The van der Waals surface area contributed by atoms with E-state index >= 15 is 0 Å². The predicted molar refractivity (Wildman–Crippen MR) is 71.6 cm³/mol. The molecule has 2 aromatic rings. The largest absolute Gasteiger partial charge is 0.285 e. The van der Waals surface area contributed by atoms with E-state index in [4.69, 9.17) is 8.74 Å². The smallest absolute Gasteiger partial charge is 0.266 e. The lowest BCUT2D eigenvalue weighted by molar-refractivity contribution is 0.296. The van der Waals surface area contributed by atoms with Crippen molar-refractivity contribution in [2.45, 2.75) is 13.5 Å². The molecular weight excluding hydrogens is 256 g/mol. The molecule has 1 N–H and O–H groups in total. The Morgan fingerprint density at radius 3 is 2.53 bits per heavy atom. The third kappa shape index (κ3) is 3.01. The number of rotatable bonds is 3. The van der Waals surface area contributed by atoms with Gasteiger partial charge >= 0.3 is 0 Å². The molecule has 1 atom stereocenters. The Morgan fingerprint density at radius 1 is 1.24 bits per heavy atom.